The standard InChI is InChI=1S/C21H21FN2O2S/c1-2-19(25)24(17-12-7-6-11-16(17)22)20(18-13-8-14-27-18)21(26)23-15-9-4-3-5-10-15/h1,6-8,11-15,20H,3-5,9-10H2,(H,23,26). The minimum Gasteiger partial charge on any atom is -0.351 e. The van der Waals surface area contributed by atoms with E-state index in [2.05, 4.69) is 5.32 Å². The van der Waals surface area contributed by atoms with E-state index in [0.29, 0.717) is 4.88 Å². The Kier molecular flexibility index (Phi) is 6.25. The van der Waals surface area contributed by atoms with E-state index < -0.39 is 17.8 Å². The van der Waals surface area contributed by atoms with Gasteiger partial charge in [0.05, 0.1) is 5.69 Å². The molecule has 1 heterocycles. The number of rotatable bonds is 5. The minimum atomic E-state index is -1.01. The second kappa shape index (κ2) is 8.83. The molecular formula is C21H21FN2O2S. The molecule has 1 unspecified atom stereocenters. The molecule has 0 radical (unpaired) electrons. The van der Waals surface area contributed by atoms with Crippen molar-refractivity contribution >= 4 is 28.8 Å². The van der Waals surface area contributed by atoms with E-state index >= 15 is 0 Å². The van der Waals surface area contributed by atoms with Crippen LogP contribution in [0.5, 0.6) is 0 Å². The predicted molar refractivity (Wildman–Crippen MR) is 105 cm³/mol. The molecule has 0 aliphatic heterocycles. The van der Waals surface area contributed by atoms with Crippen molar-refractivity contribution in [3.63, 3.8) is 0 Å². The topological polar surface area (TPSA) is 49.4 Å². The first-order valence-corrected chi connectivity index (χ1v) is 9.88. The Morgan fingerprint density at radius 1 is 1.19 bits per heavy atom. The Morgan fingerprint density at radius 2 is 1.93 bits per heavy atom. The number of para-hydroxylation sites is 1. The molecule has 27 heavy (non-hydrogen) atoms. The molecular weight excluding hydrogens is 363 g/mol. The average molecular weight is 384 g/mol. The van der Waals surface area contributed by atoms with Crippen LogP contribution in [0.15, 0.2) is 41.8 Å². The zero-order chi connectivity index (χ0) is 19.2. The van der Waals surface area contributed by atoms with Crippen LogP contribution in [0.3, 0.4) is 0 Å². The van der Waals surface area contributed by atoms with Crippen LogP contribution in [-0.2, 0) is 9.59 Å². The second-order valence-corrected chi connectivity index (χ2v) is 7.51. The van der Waals surface area contributed by atoms with Crippen LogP contribution in [0, 0.1) is 18.2 Å². The SMILES string of the molecule is C#CC(=O)N(c1ccccc1F)C(C(=O)NC1CCCCC1)c1cccs1. The minimum absolute atomic E-state index is 0.00218. The van der Waals surface area contributed by atoms with Gasteiger partial charge in [0.1, 0.15) is 5.82 Å². The second-order valence-electron chi connectivity index (χ2n) is 6.53. The highest BCUT2D eigenvalue weighted by molar-refractivity contribution is 7.10. The van der Waals surface area contributed by atoms with Crippen molar-refractivity contribution < 1.29 is 14.0 Å². The molecule has 2 aromatic rings. The maximum absolute atomic E-state index is 14.5. The number of halogens is 1. The number of benzene rings is 1. The van der Waals surface area contributed by atoms with Gasteiger partial charge in [-0.3, -0.25) is 14.5 Å². The molecule has 4 nitrogen and oxygen atoms in total. The zero-order valence-electron chi connectivity index (χ0n) is 14.9. The number of hydrogen-bond acceptors (Lipinski definition) is 3. The summed E-state index contributed by atoms with van der Waals surface area (Å²) in [6.07, 6.45) is 10.5. The van der Waals surface area contributed by atoms with Gasteiger partial charge in [-0.25, -0.2) is 4.39 Å². The molecule has 1 fully saturated rings. The molecule has 1 aromatic carbocycles. The summed E-state index contributed by atoms with van der Waals surface area (Å²) in [4.78, 5) is 27.4. The first-order valence-electron chi connectivity index (χ1n) is 9.00. The number of terminal acetylenes is 1. The van der Waals surface area contributed by atoms with Crippen LogP contribution in [0.4, 0.5) is 10.1 Å². The fraction of sp³-hybridized carbons (Fsp3) is 0.333. The van der Waals surface area contributed by atoms with E-state index in [1.54, 1.807) is 18.2 Å². The number of nitrogens with one attached hydrogen (secondary N) is 1. The third kappa shape index (κ3) is 4.37. The van der Waals surface area contributed by atoms with Gasteiger partial charge < -0.3 is 5.32 Å². The Labute approximate surface area is 162 Å². The summed E-state index contributed by atoms with van der Waals surface area (Å²) < 4.78 is 14.5. The van der Waals surface area contributed by atoms with Crippen LogP contribution in [0.1, 0.15) is 43.0 Å². The Balaban J connectivity index is 1.99. The molecule has 1 N–H and O–H groups in total. The van der Waals surface area contributed by atoms with Crippen LogP contribution in [0.25, 0.3) is 0 Å². The van der Waals surface area contributed by atoms with Crippen molar-refractivity contribution in [3.05, 3.63) is 52.5 Å². The van der Waals surface area contributed by atoms with Crippen molar-refractivity contribution in [1.82, 2.24) is 5.32 Å². The van der Waals surface area contributed by atoms with Crippen LogP contribution >= 0.6 is 11.3 Å². The summed E-state index contributed by atoms with van der Waals surface area (Å²) in [5, 5.41) is 4.85. The fourth-order valence-electron chi connectivity index (χ4n) is 3.43. The summed E-state index contributed by atoms with van der Waals surface area (Å²) in [7, 11) is 0. The quantitative estimate of drug-likeness (QED) is 0.791. The lowest BCUT2D eigenvalue weighted by Gasteiger charge is -2.31. The monoisotopic (exact) mass is 384 g/mol. The summed E-state index contributed by atoms with van der Waals surface area (Å²) in [6, 6.07) is 8.45. The van der Waals surface area contributed by atoms with Crippen molar-refractivity contribution in [2.45, 2.75) is 44.2 Å². The third-order valence-electron chi connectivity index (χ3n) is 4.73. The van der Waals surface area contributed by atoms with Crippen LogP contribution in [-0.4, -0.2) is 17.9 Å². The van der Waals surface area contributed by atoms with Gasteiger partial charge in [0.2, 0.25) is 5.91 Å². The van der Waals surface area contributed by atoms with Crippen molar-refractivity contribution in [2.75, 3.05) is 4.90 Å². The normalized spacial score (nSPS) is 15.6. The van der Waals surface area contributed by atoms with Gasteiger partial charge in [0.15, 0.2) is 6.04 Å². The summed E-state index contributed by atoms with van der Waals surface area (Å²) in [6.45, 7) is 0. The maximum atomic E-state index is 14.5. The van der Waals surface area contributed by atoms with E-state index in [4.69, 9.17) is 6.42 Å². The molecule has 140 valence electrons. The zero-order valence-corrected chi connectivity index (χ0v) is 15.7. The highest BCUT2D eigenvalue weighted by atomic mass is 32.1. The van der Waals surface area contributed by atoms with Gasteiger partial charge in [0.25, 0.3) is 0 Å². The fourth-order valence-corrected chi connectivity index (χ4v) is 4.24. The van der Waals surface area contributed by atoms with Crippen molar-refractivity contribution in [3.8, 4) is 12.3 Å². The number of amides is 2. The smallest absolute Gasteiger partial charge is 0.303 e. The molecule has 1 aromatic heterocycles. The largest absolute Gasteiger partial charge is 0.351 e. The molecule has 3 rings (SSSR count). The Morgan fingerprint density at radius 3 is 2.56 bits per heavy atom. The van der Waals surface area contributed by atoms with Gasteiger partial charge in [-0.15, -0.1) is 17.8 Å². The Bertz CT molecular complexity index is 838. The van der Waals surface area contributed by atoms with Crippen LogP contribution in [0.2, 0.25) is 0 Å². The lowest BCUT2D eigenvalue weighted by Crippen LogP contribution is -2.47. The van der Waals surface area contributed by atoms with Gasteiger partial charge >= 0.3 is 5.91 Å². The third-order valence-corrected chi connectivity index (χ3v) is 5.65. The highest BCUT2D eigenvalue weighted by Crippen LogP contribution is 2.32. The number of carbonyl (C=O) groups excluding carboxylic acids is 2. The van der Waals surface area contributed by atoms with E-state index in [-0.39, 0.29) is 17.6 Å². The summed E-state index contributed by atoms with van der Waals surface area (Å²) in [5.74, 6) is 0.344. The lowest BCUT2D eigenvalue weighted by atomic mass is 9.95. The predicted octanol–water partition coefficient (Wildman–Crippen LogP) is 4.04. The molecule has 2 amide bonds. The lowest BCUT2D eigenvalue weighted by molar-refractivity contribution is -0.125. The first kappa shape index (κ1) is 19.1. The maximum Gasteiger partial charge on any atom is 0.303 e. The molecule has 1 saturated carbocycles. The number of nitrogens with zero attached hydrogens (tertiary/aromatic N) is 1. The number of anilines is 1. The molecule has 0 saturated heterocycles. The summed E-state index contributed by atoms with van der Waals surface area (Å²) in [5.41, 5.74) is -0.00218. The average Bonchev–Trinajstić information content (AvgIpc) is 3.21. The number of carbonyl (C=O) groups is 2. The van der Waals surface area contributed by atoms with Crippen molar-refractivity contribution in [1.29, 1.82) is 0 Å². The van der Waals surface area contributed by atoms with E-state index in [0.717, 1.165) is 37.0 Å². The molecule has 1 atom stereocenters. The van der Waals surface area contributed by atoms with E-state index in [1.165, 1.54) is 29.5 Å². The summed E-state index contributed by atoms with van der Waals surface area (Å²) >= 11 is 1.33. The van der Waals surface area contributed by atoms with Crippen molar-refractivity contribution in [2.24, 2.45) is 0 Å². The van der Waals surface area contributed by atoms with Gasteiger partial charge in [-0.05, 0) is 42.3 Å². The van der Waals surface area contributed by atoms with E-state index in [1.807, 2.05) is 11.3 Å². The molecule has 1 aliphatic carbocycles. The van der Waals surface area contributed by atoms with Crippen LogP contribution < -0.4 is 10.2 Å². The molecule has 0 spiro atoms. The Hall–Kier alpha value is -2.65. The molecule has 0 bridgehead atoms. The first-order chi connectivity index (χ1) is 13.1. The van der Waals surface area contributed by atoms with Gasteiger partial charge in [0, 0.05) is 10.9 Å². The number of hydrogen-bond donors (Lipinski definition) is 1. The molecule has 1 aliphatic rings. The number of thiophene rings is 1. The molecule has 6 heteroatoms. The van der Waals surface area contributed by atoms with E-state index in [9.17, 15) is 14.0 Å². The van der Waals surface area contributed by atoms with Gasteiger partial charge in [-0.2, -0.15) is 0 Å². The van der Waals surface area contributed by atoms with Gasteiger partial charge in [-0.1, -0.05) is 37.5 Å². The highest BCUT2D eigenvalue weighted by Gasteiger charge is 2.35.